The summed E-state index contributed by atoms with van der Waals surface area (Å²) in [5.41, 5.74) is 0.881. The molecule has 2 aromatic rings. The number of hydrogen-bond acceptors (Lipinski definition) is 3. The molecule has 132 valence electrons. The molecule has 0 N–H and O–H groups in total. The van der Waals surface area contributed by atoms with E-state index in [0.29, 0.717) is 0 Å². The Morgan fingerprint density at radius 3 is 2.32 bits per heavy atom. The molecular weight excluding hydrogens is 343 g/mol. The molecule has 0 saturated carbocycles. The maximum atomic E-state index is 13.8. The summed E-state index contributed by atoms with van der Waals surface area (Å²) < 4.78 is 40.5. The number of benzene rings is 2. The highest BCUT2D eigenvalue weighted by Crippen LogP contribution is 2.20. The molecule has 1 aliphatic rings. The molecule has 1 saturated heterocycles. The minimum absolute atomic E-state index is 0.0116. The van der Waals surface area contributed by atoms with Crippen molar-refractivity contribution >= 4 is 15.9 Å². The van der Waals surface area contributed by atoms with E-state index in [1.54, 1.807) is 24.3 Å². The van der Waals surface area contributed by atoms with Crippen LogP contribution in [0, 0.1) is 12.7 Å². The van der Waals surface area contributed by atoms with Gasteiger partial charge in [0.2, 0.25) is 10.0 Å². The second-order valence-electron chi connectivity index (χ2n) is 5.99. The van der Waals surface area contributed by atoms with Gasteiger partial charge >= 0.3 is 0 Å². The Hall–Kier alpha value is -2.25. The van der Waals surface area contributed by atoms with Crippen LogP contribution < -0.4 is 0 Å². The molecule has 1 heterocycles. The SMILES string of the molecule is Cc1cccc(S(=O)(=O)N2CCN(C(=O)c3ccccc3F)CC2)c1. The topological polar surface area (TPSA) is 57.7 Å². The van der Waals surface area contributed by atoms with Gasteiger partial charge in [-0.2, -0.15) is 4.31 Å². The van der Waals surface area contributed by atoms with Gasteiger partial charge in [0.05, 0.1) is 10.5 Å². The van der Waals surface area contributed by atoms with Crippen LogP contribution in [-0.2, 0) is 10.0 Å². The van der Waals surface area contributed by atoms with Gasteiger partial charge < -0.3 is 4.90 Å². The molecule has 5 nitrogen and oxygen atoms in total. The number of nitrogens with zero attached hydrogens (tertiary/aromatic N) is 2. The molecule has 1 fully saturated rings. The minimum atomic E-state index is -3.59. The molecule has 2 aromatic carbocycles. The van der Waals surface area contributed by atoms with E-state index in [1.807, 2.05) is 13.0 Å². The average Bonchev–Trinajstić information content (AvgIpc) is 2.62. The van der Waals surface area contributed by atoms with Crippen LogP contribution in [0.5, 0.6) is 0 Å². The monoisotopic (exact) mass is 362 g/mol. The van der Waals surface area contributed by atoms with E-state index in [2.05, 4.69) is 0 Å². The number of carbonyl (C=O) groups excluding carboxylic acids is 1. The summed E-state index contributed by atoms with van der Waals surface area (Å²) in [6.07, 6.45) is 0. The summed E-state index contributed by atoms with van der Waals surface area (Å²) in [7, 11) is -3.59. The van der Waals surface area contributed by atoms with Crippen molar-refractivity contribution in [2.45, 2.75) is 11.8 Å². The van der Waals surface area contributed by atoms with E-state index in [0.717, 1.165) is 5.56 Å². The zero-order chi connectivity index (χ0) is 18.0. The second-order valence-corrected chi connectivity index (χ2v) is 7.93. The Labute approximate surface area is 146 Å². The van der Waals surface area contributed by atoms with Gasteiger partial charge in [0.15, 0.2) is 0 Å². The summed E-state index contributed by atoms with van der Waals surface area (Å²) in [5.74, 6) is -0.979. The molecule has 0 atom stereocenters. The number of amides is 1. The van der Waals surface area contributed by atoms with Crippen LogP contribution in [0.15, 0.2) is 53.4 Å². The zero-order valence-corrected chi connectivity index (χ0v) is 14.7. The largest absolute Gasteiger partial charge is 0.336 e. The summed E-state index contributed by atoms with van der Waals surface area (Å²) in [5, 5.41) is 0. The molecular formula is C18H19FN2O3S. The van der Waals surface area contributed by atoms with Crippen molar-refractivity contribution in [1.82, 2.24) is 9.21 Å². The first kappa shape index (κ1) is 17.6. The molecule has 0 unspecified atom stereocenters. The third kappa shape index (κ3) is 3.57. The lowest BCUT2D eigenvalue weighted by molar-refractivity contribution is 0.0693. The van der Waals surface area contributed by atoms with Crippen molar-refractivity contribution in [2.75, 3.05) is 26.2 Å². The zero-order valence-electron chi connectivity index (χ0n) is 13.9. The van der Waals surface area contributed by atoms with Crippen LogP contribution in [0.2, 0.25) is 0 Å². The number of rotatable bonds is 3. The molecule has 0 radical (unpaired) electrons. The molecule has 0 spiro atoms. The predicted molar refractivity (Wildman–Crippen MR) is 92.2 cm³/mol. The lowest BCUT2D eigenvalue weighted by Gasteiger charge is -2.34. The van der Waals surface area contributed by atoms with Gasteiger partial charge in [0, 0.05) is 26.2 Å². The highest BCUT2D eigenvalue weighted by Gasteiger charge is 2.31. The van der Waals surface area contributed by atoms with Crippen molar-refractivity contribution in [3.63, 3.8) is 0 Å². The Morgan fingerprint density at radius 1 is 1.00 bits per heavy atom. The van der Waals surface area contributed by atoms with Crippen LogP contribution in [-0.4, -0.2) is 49.7 Å². The maximum absolute atomic E-state index is 13.8. The fourth-order valence-corrected chi connectivity index (χ4v) is 4.39. The van der Waals surface area contributed by atoms with Crippen molar-refractivity contribution in [2.24, 2.45) is 0 Å². The van der Waals surface area contributed by atoms with Crippen LogP contribution in [0.25, 0.3) is 0 Å². The van der Waals surface area contributed by atoms with Crippen molar-refractivity contribution in [1.29, 1.82) is 0 Å². The number of aryl methyl sites for hydroxylation is 1. The molecule has 25 heavy (non-hydrogen) atoms. The van der Waals surface area contributed by atoms with Crippen molar-refractivity contribution in [3.05, 3.63) is 65.5 Å². The third-order valence-electron chi connectivity index (χ3n) is 4.26. The van der Waals surface area contributed by atoms with Crippen LogP contribution in [0.1, 0.15) is 15.9 Å². The normalized spacial score (nSPS) is 16.0. The van der Waals surface area contributed by atoms with Crippen molar-refractivity contribution in [3.8, 4) is 0 Å². The van der Waals surface area contributed by atoms with Crippen LogP contribution in [0.3, 0.4) is 0 Å². The van der Waals surface area contributed by atoms with E-state index in [4.69, 9.17) is 0 Å². The molecule has 0 aromatic heterocycles. The van der Waals surface area contributed by atoms with Gasteiger partial charge in [-0.05, 0) is 36.8 Å². The number of carbonyl (C=O) groups is 1. The first-order valence-electron chi connectivity index (χ1n) is 8.00. The minimum Gasteiger partial charge on any atom is -0.336 e. The predicted octanol–water partition coefficient (Wildman–Crippen LogP) is 2.28. The van der Waals surface area contributed by atoms with Crippen LogP contribution in [0.4, 0.5) is 4.39 Å². The van der Waals surface area contributed by atoms with E-state index in [1.165, 1.54) is 27.4 Å². The number of sulfonamides is 1. The van der Waals surface area contributed by atoms with Crippen molar-refractivity contribution < 1.29 is 17.6 Å². The van der Waals surface area contributed by atoms with E-state index < -0.39 is 21.7 Å². The second kappa shape index (κ2) is 6.93. The van der Waals surface area contributed by atoms with Gasteiger partial charge in [0.25, 0.3) is 5.91 Å². The molecule has 0 bridgehead atoms. The number of hydrogen-bond donors (Lipinski definition) is 0. The van der Waals surface area contributed by atoms with Gasteiger partial charge in [-0.25, -0.2) is 12.8 Å². The Morgan fingerprint density at radius 2 is 1.68 bits per heavy atom. The first-order chi connectivity index (χ1) is 11.9. The Kier molecular flexibility index (Phi) is 4.87. The fraction of sp³-hybridized carbons (Fsp3) is 0.278. The summed E-state index contributed by atoms with van der Waals surface area (Å²) >= 11 is 0. The number of halogens is 1. The lowest BCUT2D eigenvalue weighted by atomic mass is 10.1. The van der Waals surface area contributed by atoms with E-state index in [9.17, 15) is 17.6 Å². The third-order valence-corrected chi connectivity index (χ3v) is 6.15. The Bertz CT molecular complexity index is 891. The quantitative estimate of drug-likeness (QED) is 0.842. The van der Waals surface area contributed by atoms with Gasteiger partial charge in [0.1, 0.15) is 5.82 Å². The van der Waals surface area contributed by atoms with Gasteiger partial charge in [-0.1, -0.05) is 24.3 Å². The van der Waals surface area contributed by atoms with Gasteiger partial charge in [-0.3, -0.25) is 4.79 Å². The molecule has 1 aliphatic heterocycles. The standard InChI is InChI=1S/C18H19FN2O3S/c1-14-5-4-6-15(13-14)25(23,24)21-11-9-20(10-12-21)18(22)16-7-2-3-8-17(16)19/h2-8,13H,9-12H2,1H3. The van der Waals surface area contributed by atoms with E-state index in [-0.39, 0.29) is 36.6 Å². The molecule has 3 rings (SSSR count). The fourth-order valence-electron chi connectivity index (χ4n) is 2.86. The maximum Gasteiger partial charge on any atom is 0.256 e. The number of piperazine rings is 1. The highest BCUT2D eigenvalue weighted by atomic mass is 32.2. The molecule has 0 aliphatic carbocycles. The smallest absolute Gasteiger partial charge is 0.256 e. The Balaban J connectivity index is 1.72. The highest BCUT2D eigenvalue weighted by molar-refractivity contribution is 7.89. The lowest BCUT2D eigenvalue weighted by Crippen LogP contribution is -2.50. The van der Waals surface area contributed by atoms with Crippen LogP contribution >= 0.6 is 0 Å². The summed E-state index contributed by atoms with van der Waals surface area (Å²) in [6, 6.07) is 12.6. The summed E-state index contributed by atoms with van der Waals surface area (Å²) in [6.45, 7) is 2.69. The molecule has 7 heteroatoms. The molecule has 1 amide bonds. The first-order valence-corrected chi connectivity index (χ1v) is 9.44. The van der Waals surface area contributed by atoms with Gasteiger partial charge in [-0.15, -0.1) is 0 Å². The average molecular weight is 362 g/mol. The summed E-state index contributed by atoms with van der Waals surface area (Å²) in [4.78, 5) is 14.1. The van der Waals surface area contributed by atoms with E-state index >= 15 is 0 Å².